The van der Waals surface area contributed by atoms with Crippen molar-refractivity contribution < 1.29 is 9.47 Å². The Labute approximate surface area is 128 Å². The van der Waals surface area contributed by atoms with E-state index < -0.39 is 0 Å². The Hall–Kier alpha value is -1.42. The van der Waals surface area contributed by atoms with Crippen LogP contribution in [0.25, 0.3) is 0 Å². The lowest BCUT2D eigenvalue weighted by molar-refractivity contribution is 0.390. The predicted molar refractivity (Wildman–Crippen MR) is 87.3 cm³/mol. The van der Waals surface area contributed by atoms with Crippen LogP contribution < -0.4 is 20.1 Å². The zero-order valence-corrected chi connectivity index (χ0v) is 13.6. The van der Waals surface area contributed by atoms with Crippen LogP contribution >= 0.6 is 0 Å². The van der Waals surface area contributed by atoms with Gasteiger partial charge in [-0.15, -0.1) is 0 Å². The van der Waals surface area contributed by atoms with Gasteiger partial charge in [0.2, 0.25) is 0 Å². The normalized spacial score (nSPS) is 19.9. The van der Waals surface area contributed by atoms with E-state index in [1.807, 2.05) is 6.07 Å². The molecule has 0 amide bonds. The van der Waals surface area contributed by atoms with Crippen molar-refractivity contribution in [2.75, 3.05) is 32.2 Å². The van der Waals surface area contributed by atoms with E-state index in [1.54, 1.807) is 14.2 Å². The highest BCUT2D eigenvalue weighted by atomic mass is 16.5. The number of hydrogen-bond acceptors (Lipinski definition) is 4. The summed E-state index contributed by atoms with van der Waals surface area (Å²) in [6, 6.07) is 6.36. The van der Waals surface area contributed by atoms with E-state index in [9.17, 15) is 0 Å². The number of hydrogen-bond donors (Lipinski definition) is 1. The van der Waals surface area contributed by atoms with Gasteiger partial charge in [0.15, 0.2) is 0 Å². The quantitative estimate of drug-likeness (QED) is 0.876. The lowest BCUT2D eigenvalue weighted by Gasteiger charge is -2.22. The van der Waals surface area contributed by atoms with E-state index >= 15 is 0 Å². The third-order valence-electron chi connectivity index (χ3n) is 4.45. The maximum atomic E-state index is 6.21. The summed E-state index contributed by atoms with van der Waals surface area (Å²) in [5.74, 6) is 2.91. The molecular weight excluding hydrogens is 264 g/mol. The van der Waals surface area contributed by atoms with Crippen LogP contribution in [0.5, 0.6) is 11.5 Å². The van der Waals surface area contributed by atoms with Gasteiger partial charge in [-0.3, -0.25) is 0 Å². The van der Waals surface area contributed by atoms with Gasteiger partial charge in [-0.05, 0) is 24.7 Å². The number of rotatable bonds is 6. The van der Waals surface area contributed by atoms with Crippen molar-refractivity contribution in [3.8, 4) is 11.5 Å². The third kappa shape index (κ3) is 4.03. The smallest absolute Gasteiger partial charge is 0.124 e. The highest BCUT2D eigenvalue weighted by molar-refractivity contribution is 5.56. The van der Waals surface area contributed by atoms with E-state index in [1.165, 1.54) is 12.1 Å². The largest absolute Gasteiger partial charge is 0.497 e. The van der Waals surface area contributed by atoms with Gasteiger partial charge in [-0.2, -0.15) is 0 Å². The van der Waals surface area contributed by atoms with Gasteiger partial charge in [0.05, 0.1) is 14.2 Å². The second-order valence-electron chi connectivity index (χ2n) is 6.32. The van der Waals surface area contributed by atoms with Crippen molar-refractivity contribution in [2.24, 2.45) is 17.6 Å². The van der Waals surface area contributed by atoms with Crippen molar-refractivity contribution in [2.45, 2.75) is 32.7 Å². The lowest BCUT2D eigenvalue weighted by atomic mass is 9.93. The molecule has 1 saturated heterocycles. The Kier molecular flexibility index (Phi) is 5.34. The average Bonchev–Trinajstić information content (AvgIpc) is 2.95. The molecule has 1 aromatic rings. The Morgan fingerprint density at radius 3 is 2.33 bits per heavy atom. The average molecular weight is 292 g/mol. The first kappa shape index (κ1) is 16.0. The van der Waals surface area contributed by atoms with E-state index in [2.05, 4.69) is 30.9 Å². The summed E-state index contributed by atoms with van der Waals surface area (Å²) in [6.45, 7) is 6.54. The molecule has 2 N–H and O–H groups in total. The number of benzene rings is 1. The van der Waals surface area contributed by atoms with Crippen LogP contribution in [0.15, 0.2) is 18.2 Å². The van der Waals surface area contributed by atoms with Crippen molar-refractivity contribution in [1.82, 2.24) is 0 Å². The minimum absolute atomic E-state index is 0.301. The van der Waals surface area contributed by atoms with Crippen molar-refractivity contribution >= 4 is 5.69 Å². The van der Waals surface area contributed by atoms with Crippen molar-refractivity contribution in [3.05, 3.63) is 18.2 Å². The summed E-state index contributed by atoms with van der Waals surface area (Å²) in [6.07, 6.45) is 2.31. The first-order valence-corrected chi connectivity index (χ1v) is 7.77. The Bertz CT molecular complexity index is 440. The monoisotopic (exact) mass is 292 g/mol. The van der Waals surface area contributed by atoms with Gasteiger partial charge < -0.3 is 20.1 Å². The number of methoxy groups -OCH3 is 2. The van der Waals surface area contributed by atoms with Crippen LogP contribution in [0.3, 0.4) is 0 Å². The van der Waals surface area contributed by atoms with Gasteiger partial charge in [0.1, 0.15) is 11.5 Å². The highest BCUT2D eigenvalue weighted by Gasteiger charge is 2.25. The fourth-order valence-corrected chi connectivity index (χ4v) is 2.89. The van der Waals surface area contributed by atoms with E-state index in [-0.39, 0.29) is 0 Å². The molecule has 0 radical (unpaired) electrons. The molecule has 2 atom stereocenters. The van der Waals surface area contributed by atoms with Crippen LogP contribution in [0.1, 0.15) is 26.7 Å². The molecule has 4 nitrogen and oxygen atoms in total. The summed E-state index contributed by atoms with van der Waals surface area (Å²) in [7, 11) is 3.37. The maximum absolute atomic E-state index is 6.21. The van der Waals surface area contributed by atoms with Gasteiger partial charge in [-0.1, -0.05) is 13.8 Å². The summed E-state index contributed by atoms with van der Waals surface area (Å²) < 4.78 is 10.7. The van der Waals surface area contributed by atoms with Gasteiger partial charge in [0.25, 0.3) is 0 Å². The van der Waals surface area contributed by atoms with Crippen molar-refractivity contribution in [3.63, 3.8) is 0 Å². The molecule has 21 heavy (non-hydrogen) atoms. The summed E-state index contributed by atoms with van der Waals surface area (Å²) in [4.78, 5) is 2.41. The zero-order chi connectivity index (χ0) is 15.4. The number of anilines is 1. The van der Waals surface area contributed by atoms with E-state index in [4.69, 9.17) is 15.2 Å². The molecule has 0 aromatic heterocycles. The topological polar surface area (TPSA) is 47.7 Å². The molecule has 4 heteroatoms. The molecule has 0 bridgehead atoms. The molecule has 0 saturated carbocycles. The SMILES string of the molecule is COc1cc(OC)cc(N2CCC(CC(N)C(C)C)C2)c1. The summed E-state index contributed by atoms with van der Waals surface area (Å²) in [5.41, 5.74) is 7.39. The molecule has 1 heterocycles. The first-order chi connectivity index (χ1) is 10.0. The van der Waals surface area contributed by atoms with E-state index in [0.29, 0.717) is 17.9 Å². The Morgan fingerprint density at radius 1 is 1.19 bits per heavy atom. The fourth-order valence-electron chi connectivity index (χ4n) is 2.89. The summed E-state index contributed by atoms with van der Waals surface area (Å²) in [5, 5.41) is 0. The Morgan fingerprint density at radius 2 is 1.81 bits per heavy atom. The molecule has 1 aromatic carbocycles. The second-order valence-corrected chi connectivity index (χ2v) is 6.32. The molecule has 0 spiro atoms. The van der Waals surface area contributed by atoms with Crippen LogP contribution in [-0.2, 0) is 0 Å². The second kappa shape index (κ2) is 7.03. The zero-order valence-electron chi connectivity index (χ0n) is 13.6. The third-order valence-corrected chi connectivity index (χ3v) is 4.45. The van der Waals surface area contributed by atoms with Gasteiger partial charge in [-0.25, -0.2) is 0 Å². The lowest BCUT2D eigenvalue weighted by Crippen LogP contribution is -2.30. The molecular formula is C17H28N2O2. The molecule has 1 aliphatic rings. The van der Waals surface area contributed by atoms with Gasteiger partial charge >= 0.3 is 0 Å². The number of nitrogens with zero attached hydrogens (tertiary/aromatic N) is 1. The molecule has 0 aliphatic carbocycles. The first-order valence-electron chi connectivity index (χ1n) is 7.77. The fraction of sp³-hybridized carbons (Fsp3) is 0.647. The van der Waals surface area contributed by atoms with Crippen LogP contribution in [0.2, 0.25) is 0 Å². The van der Waals surface area contributed by atoms with Crippen LogP contribution in [0.4, 0.5) is 5.69 Å². The maximum Gasteiger partial charge on any atom is 0.124 e. The number of nitrogens with two attached hydrogens (primary N) is 1. The molecule has 2 unspecified atom stereocenters. The summed E-state index contributed by atoms with van der Waals surface area (Å²) >= 11 is 0. The van der Waals surface area contributed by atoms with Crippen LogP contribution in [0, 0.1) is 11.8 Å². The minimum atomic E-state index is 0.301. The molecule has 2 rings (SSSR count). The molecule has 1 fully saturated rings. The number of ether oxygens (including phenoxy) is 2. The predicted octanol–water partition coefficient (Wildman–Crippen LogP) is 2.90. The van der Waals surface area contributed by atoms with Crippen LogP contribution in [-0.4, -0.2) is 33.4 Å². The van der Waals surface area contributed by atoms with Crippen molar-refractivity contribution in [1.29, 1.82) is 0 Å². The Balaban J connectivity index is 2.03. The van der Waals surface area contributed by atoms with E-state index in [0.717, 1.165) is 31.0 Å². The highest BCUT2D eigenvalue weighted by Crippen LogP contribution is 2.32. The minimum Gasteiger partial charge on any atom is -0.497 e. The molecule has 1 aliphatic heterocycles. The molecule has 118 valence electrons. The standard InChI is InChI=1S/C17H28N2O2/c1-12(2)17(18)7-13-5-6-19(11-13)14-8-15(20-3)10-16(9-14)21-4/h8-10,12-13,17H,5-7,11,18H2,1-4H3. The van der Waals surface area contributed by atoms with Gasteiger partial charge in [0, 0.05) is 43.0 Å².